The van der Waals surface area contributed by atoms with Gasteiger partial charge in [0.05, 0.1) is 12.0 Å². The van der Waals surface area contributed by atoms with Crippen LogP contribution in [0, 0.1) is 17.8 Å². The van der Waals surface area contributed by atoms with Crippen molar-refractivity contribution in [3.63, 3.8) is 0 Å². The minimum Gasteiger partial charge on any atom is -0.481 e. The fraction of sp³-hybridized carbons (Fsp3) is 0.444. The SMILES string of the molecule is CC(CC(=O)O)(NC(=O)[C@@H]1C[C@@H]1CNC(=O)OCC1c2ccccc2-c2ccccc21)C1CC1. The van der Waals surface area contributed by atoms with Gasteiger partial charge in [-0.2, -0.15) is 0 Å². The zero-order valence-corrected chi connectivity index (χ0v) is 19.3. The molecule has 3 aliphatic rings. The van der Waals surface area contributed by atoms with Crippen LogP contribution in [0.15, 0.2) is 48.5 Å². The lowest BCUT2D eigenvalue weighted by Crippen LogP contribution is -2.50. The average molecular weight is 463 g/mol. The summed E-state index contributed by atoms with van der Waals surface area (Å²) in [5, 5.41) is 15.0. The minimum atomic E-state index is -0.904. The van der Waals surface area contributed by atoms with Crippen molar-refractivity contribution in [3.8, 4) is 11.1 Å². The Morgan fingerprint density at radius 1 is 1.03 bits per heavy atom. The monoisotopic (exact) mass is 462 g/mol. The van der Waals surface area contributed by atoms with Gasteiger partial charge in [0.2, 0.25) is 5.91 Å². The lowest BCUT2D eigenvalue weighted by atomic mass is 9.91. The summed E-state index contributed by atoms with van der Waals surface area (Å²) in [6, 6.07) is 16.4. The van der Waals surface area contributed by atoms with E-state index in [9.17, 15) is 19.5 Å². The van der Waals surface area contributed by atoms with Crippen molar-refractivity contribution in [2.45, 2.75) is 44.1 Å². The molecule has 0 radical (unpaired) electrons. The van der Waals surface area contributed by atoms with Crippen molar-refractivity contribution < 1.29 is 24.2 Å². The Balaban J connectivity index is 1.10. The van der Waals surface area contributed by atoms with E-state index in [1.165, 1.54) is 11.1 Å². The van der Waals surface area contributed by atoms with Crippen molar-refractivity contribution >= 4 is 18.0 Å². The highest BCUT2D eigenvalue weighted by molar-refractivity contribution is 5.83. The third-order valence-electron chi connectivity index (χ3n) is 7.52. The van der Waals surface area contributed by atoms with Gasteiger partial charge in [0.1, 0.15) is 6.61 Å². The van der Waals surface area contributed by atoms with Crippen LogP contribution >= 0.6 is 0 Å². The van der Waals surface area contributed by atoms with Crippen LogP contribution in [-0.2, 0) is 14.3 Å². The molecule has 2 aromatic rings. The summed E-state index contributed by atoms with van der Waals surface area (Å²) in [7, 11) is 0. The second kappa shape index (κ2) is 8.78. The molecule has 0 heterocycles. The number of hydrogen-bond acceptors (Lipinski definition) is 4. The van der Waals surface area contributed by atoms with Crippen molar-refractivity contribution in [2.24, 2.45) is 17.8 Å². The number of aliphatic carboxylic acids is 1. The molecule has 0 bridgehead atoms. The van der Waals surface area contributed by atoms with E-state index in [4.69, 9.17) is 4.74 Å². The molecule has 0 spiro atoms. The van der Waals surface area contributed by atoms with E-state index in [0.29, 0.717) is 13.0 Å². The number of ether oxygens (including phenoxy) is 1. The number of fused-ring (bicyclic) bond motifs is 3. The molecule has 2 fully saturated rings. The first kappa shape index (κ1) is 22.4. The molecule has 2 amide bonds. The third kappa shape index (κ3) is 4.52. The van der Waals surface area contributed by atoms with Gasteiger partial charge in [-0.15, -0.1) is 0 Å². The van der Waals surface area contributed by atoms with E-state index < -0.39 is 17.6 Å². The second-order valence-corrected chi connectivity index (χ2v) is 10.1. The van der Waals surface area contributed by atoms with Crippen molar-refractivity contribution in [1.29, 1.82) is 0 Å². The van der Waals surface area contributed by atoms with Crippen LogP contribution in [0.1, 0.15) is 49.7 Å². The van der Waals surface area contributed by atoms with Crippen LogP contribution in [0.2, 0.25) is 0 Å². The number of carboxylic acid groups (broad SMARTS) is 1. The first-order chi connectivity index (χ1) is 16.4. The Kier molecular flexibility index (Phi) is 5.80. The Morgan fingerprint density at radius 3 is 2.24 bits per heavy atom. The first-order valence-corrected chi connectivity index (χ1v) is 12.0. The highest BCUT2D eigenvalue weighted by atomic mass is 16.5. The fourth-order valence-corrected chi connectivity index (χ4v) is 5.36. The van der Waals surface area contributed by atoms with Gasteiger partial charge in [-0.25, -0.2) is 4.79 Å². The van der Waals surface area contributed by atoms with E-state index in [0.717, 1.165) is 24.0 Å². The van der Waals surface area contributed by atoms with Gasteiger partial charge in [-0.05, 0) is 60.3 Å². The number of carbonyl (C=O) groups excluding carboxylic acids is 2. The number of hydrogen-bond donors (Lipinski definition) is 3. The van der Waals surface area contributed by atoms with Crippen molar-refractivity contribution in [3.05, 3.63) is 59.7 Å². The lowest BCUT2D eigenvalue weighted by Gasteiger charge is -2.29. The van der Waals surface area contributed by atoms with Gasteiger partial charge in [-0.1, -0.05) is 48.5 Å². The predicted molar refractivity (Wildman–Crippen MR) is 126 cm³/mol. The maximum atomic E-state index is 12.7. The lowest BCUT2D eigenvalue weighted by molar-refractivity contribution is -0.139. The van der Waals surface area contributed by atoms with Gasteiger partial charge in [-0.3, -0.25) is 9.59 Å². The van der Waals surface area contributed by atoms with Crippen LogP contribution in [0.4, 0.5) is 4.79 Å². The molecule has 0 saturated heterocycles. The summed E-state index contributed by atoms with van der Waals surface area (Å²) in [5.41, 5.74) is 3.99. The summed E-state index contributed by atoms with van der Waals surface area (Å²) in [5.74, 6) is -0.931. The van der Waals surface area contributed by atoms with Gasteiger partial charge in [0.15, 0.2) is 0 Å². The van der Waals surface area contributed by atoms with E-state index in [1.54, 1.807) is 0 Å². The van der Waals surface area contributed by atoms with Crippen LogP contribution in [0.3, 0.4) is 0 Å². The standard InChI is InChI=1S/C27H30N2O5/c1-27(13-24(30)31,17-10-11-17)29-25(32)22-12-16(22)14-28-26(33)34-15-23-20-8-4-2-6-18(20)19-7-3-5-9-21(19)23/h2-9,16-17,22-23H,10-15H2,1H3,(H,28,33)(H,29,32)(H,30,31)/t16-,22-,27?/m1/s1. The molecule has 7 nitrogen and oxygen atoms in total. The number of carboxylic acids is 1. The van der Waals surface area contributed by atoms with Gasteiger partial charge in [0, 0.05) is 18.4 Å². The molecule has 178 valence electrons. The number of benzene rings is 2. The quantitative estimate of drug-likeness (QED) is 0.524. The molecular formula is C27H30N2O5. The predicted octanol–water partition coefficient (Wildman–Crippen LogP) is 3.92. The third-order valence-corrected chi connectivity index (χ3v) is 7.52. The van der Waals surface area contributed by atoms with Gasteiger partial charge < -0.3 is 20.5 Å². The summed E-state index contributed by atoms with van der Waals surface area (Å²) >= 11 is 0. The van der Waals surface area contributed by atoms with Crippen molar-refractivity contribution in [1.82, 2.24) is 10.6 Å². The molecule has 0 aromatic heterocycles. The zero-order valence-electron chi connectivity index (χ0n) is 19.3. The molecule has 2 saturated carbocycles. The molecular weight excluding hydrogens is 432 g/mol. The van der Waals surface area contributed by atoms with Gasteiger partial charge >= 0.3 is 12.1 Å². The molecule has 3 N–H and O–H groups in total. The molecule has 3 aliphatic carbocycles. The Labute approximate surface area is 198 Å². The highest BCUT2D eigenvalue weighted by Crippen LogP contribution is 2.45. The summed E-state index contributed by atoms with van der Waals surface area (Å²) in [6.07, 6.45) is 2.02. The largest absolute Gasteiger partial charge is 0.481 e. The normalized spacial score (nSPS) is 22.1. The summed E-state index contributed by atoms with van der Waals surface area (Å²) < 4.78 is 5.56. The molecule has 34 heavy (non-hydrogen) atoms. The van der Waals surface area contributed by atoms with Crippen LogP contribution < -0.4 is 10.6 Å². The van der Waals surface area contributed by atoms with E-state index in [2.05, 4.69) is 34.9 Å². The number of rotatable bonds is 9. The Bertz CT molecular complexity index is 1080. The van der Waals surface area contributed by atoms with E-state index in [-0.39, 0.29) is 42.6 Å². The molecule has 5 rings (SSSR count). The summed E-state index contributed by atoms with van der Waals surface area (Å²) in [6.45, 7) is 2.44. The van der Waals surface area contributed by atoms with Crippen LogP contribution in [0.5, 0.6) is 0 Å². The Hall–Kier alpha value is -3.35. The molecule has 0 aliphatic heterocycles. The minimum absolute atomic E-state index is 0.00642. The molecule has 3 atom stereocenters. The van der Waals surface area contributed by atoms with Crippen LogP contribution in [-0.4, -0.2) is 41.8 Å². The zero-order chi connectivity index (χ0) is 23.9. The van der Waals surface area contributed by atoms with E-state index in [1.807, 2.05) is 31.2 Å². The highest BCUT2D eigenvalue weighted by Gasteiger charge is 2.49. The number of carbonyl (C=O) groups is 3. The van der Waals surface area contributed by atoms with E-state index >= 15 is 0 Å². The second-order valence-electron chi connectivity index (χ2n) is 10.1. The maximum absolute atomic E-state index is 12.7. The number of alkyl carbamates (subject to hydrolysis) is 1. The number of nitrogens with one attached hydrogen (secondary N) is 2. The molecule has 1 unspecified atom stereocenters. The fourth-order valence-electron chi connectivity index (χ4n) is 5.36. The summed E-state index contributed by atoms with van der Waals surface area (Å²) in [4.78, 5) is 36.3. The first-order valence-electron chi connectivity index (χ1n) is 12.0. The smallest absolute Gasteiger partial charge is 0.407 e. The maximum Gasteiger partial charge on any atom is 0.407 e. The molecule has 7 heteroatoms. The van der Waals surface area contributed by atoms with Crippen molar-refractivity contribution in [2.75, 3.05) is 13.2 Å². The number of amides is 2. The Morgan fingerprint density at radius 2 is 1.65 bits per heavy atom. The average Bonchev–Trinajstić information content (AvgIpc) is 3.72. The topological polar surface area (TPSA) is 105 Å². The van der Waals surface area contributed by atoms with Crippen LogP contribution in [0.25, 0.3) is 11.1 Å². The van der Waals surface area contributed by atoms with Gasteiger partial charge in [0.25, 0.3) is 0 Å². The molecule has 2 aromatic carbocycles.